The molecule has 2 heterocycles. The van der Waals surface area contributed by atoms with E-state index >= 15 is 0 Å². The molecular formula is C19H25N3O3S. The molecule has 2 aliphatic heterocycles. The lowest BCUT2D eigenvalue weighted by Gasteiger charge is -2.25. The number of nitrogens with zero attached hydrogens (tertiary/aromatic N) is 2. The van der Waals surface area contributed by atoms with E-state index in [0.29, 0.717) is 24.6 Å². The second-order valence-electron chi connectivity index (χ2n) is 6.84. The zero-order valence-electron chi connectivity index (χ0n) is 15.4. The zero-order valence-corrected chi connectivity index (χ0v) is 16.3. The molecule has 1 aromatic rings. The normalized spacial score (nSPS) is 22.0. The van der Waals surface area contributed by atoms with Crippen LogP contribution in [0.2, 0.25) is 0 Å². The Hall–Kier alpha value is -2.02. The van der Waals surface area contributed by atoms with Crippen LogP contribution in [0, 0.1) is 0 Å². The van der Waals surface area contributed by atoms with E-state index in [4.69, 9.17) is 0 Å². The largest absolute Gasteiger partial charge is 0.325 e. The minimum atomic E-state index is -0.877. The van der Waals surface area contributed by atoms with Gasteiger partial charge in [-0.15, -0.1) is 11.8 Å². The molecule has 1 unspecified atom stereocenters. The van der Waals surface area contributed by atoms with Crippen molar-refractivity contribution in [1.29, 1.82) is 0 Å². The number of urea groups is 1. The van der Waals surface area contributed by atoms with Crippen LogP contribution in [0.25, 0.3) is 0 Å². The van der Waals surface area contributed by atoms with Gasteiger partial charge in [-0.05, 0) is 31.4 Å². The van der Waals surface area contributed by atoms with Gasteiger partial charge in [-0.3, -0.25) is 14.5 Å². The van der Waals surface area contributed by atoms with Gasteiger partial charge in [0.15, 0.2) is 0 Å². The Balaban J connectivity index is 1.82. The number of nitrogens with one attached hydrogen (secondary N) is 1. The van der Waals surface area contributed by atoms with Crippen LogP contribution in [-0.4, -0.2) is 46.6 Å². The van der Waals surface area contributed by atoms with Crippen molar-refractivity contribution in [3.8, 4) is 0 Å². The summed E-state index contributed by atoms with van der Waals surface area (Å²) in [5.74, 6) is -0.523. The van der Waals surface area contributed by atoms with Gasteiger partial charge < -0.3 is 10.2 Å². The third-order valence-electron chi connectivity index (χ3n) is 5.29. The lowest BCUT2D eigenvalue weighted by atomic mass is 9.93. The fourth-order valence-corrected chi connectivity index (χ4v) is 4.63. The second-order valence-corrected chi connectivity index (χ2v) is 8.32. The van der Waals surface area contributed by atoms with E-state index in [9.17, 15) is 14.4 Å². The number of hydrogen-bond donors (Lipinski definition) is 1. The Bertz CT molecular complexity index is 732. The minimum Gasteiger partial charge on any atom is -0.323 e. The first-order chi connectivity index (χ1) is 12.4. The van der Waals surface area contributed by atoms with Crippen LogP contribution in [0.4, 0.5) is 10.5 Å². The molecule has 1 aromatic carbocycles. The van der Waals surface area contributed by atoms with Crippen LogP contribution in [0.1, 0.15) is 40.0 Å². The number of benzene rings is 1. The van der Waals surface area contributed by atoms with Crippen molar-refractivity contribution in [3.63, 3.8) is 0 Å². The van der Waals surface area contributed by atoms with E-state index < -0.39 is 11.6 Å². The van der Waals surface area contributed by atoms with E-state index in [1.165, 1.54) is 0 Å². The number of fused-ring (bicyclic) bond motifs is 1. The summed E-state index contributed by atoms with van der Waals surface area (Å²) in [5.41, 5.74) is -0.0190. The van der Waals surface area contributed by atoms with Crippen molar-refractivity contribution < 1.29 is 14.4 Å². The standard InChI is InChI=1S/C19H25N3O3S/c1-4-19(5-2)17(24)22(18(25)20-19)12-16(23)21-11-10-13(3)26-15-9-7-6-8-14(15)21/h6-9,13H,4-5,10-12H2,1-3H3,(H,20,25). The fraction of sp³-hybridized carbons (Fsp3) is 0.526. The van der Waals surface area contributed by atoms with E-state index in [0.717, 1.165) is 21.9 Å². The number of imide groups is 1. The van der Waals surface area contributed by atoms with Crippen LogP contribution in [0.5, 0.6) is 0 Å². The molecule has 0 bridgehead atoms. The number of anilines is 1. The van der Waals surface area contributed by atoms with Gasteiger partial charge in [-0.2, -0.15) is 0 Å². The first kappa shape index (κ1) is 18.8. The van der Waals surface area contributed by atoms with Gasteiger partial charge in [0.25, 0.3) is 5.91 Å². The van der Waals surface area contributed by atoms with Crippen LogP contribution < -0.4 is 10.2 Å². The van der Waals surface area contributed by atoms with Crippen molar-refractivity contribution in [3.05, 3.63) is 24.3 Å². The molecule has 3 rings (SSSR count). The van der Waals surface area contributed by atoms with Crippen LogP contribution in [-0.2, 0) is 9.59 Å². The average molecular weight is 375 g/mol. The molecule has 1 N–H and O–H groups in total. The van der Waals surface area contributed by atoms with Crippen LogP contribution in [0.3, 0.4) is 0 Å². The predicted molar refractivity (Wildman–Crippen MR) is 102 cm³/mol. The molecule has 0 spiro atoms. The Morgan fingerprint density at radius 1 is 1.27 bits per heavy atom. The van der Waals surface area contributed by atoms with E-state index in [-0.39, 0.29) is 18.4 Å². The summed E-state index contributed by atoms with van der Waals surface area (Å²) in [4.78, 5) is 41.9. The van der Waals surface area contributed by atoms with Crippen molar-refractivity contribution in [1.82, 2.24) is 10.2 Å². The number of carbonyl (C=O) groups excluding carboxylic acids is 3. The fourth-order valence-electron chi connectivity index (χ4n) is 3.52. The lowest BCUT2D eigenvalue weighted by molar-refractivity contribution is -0.134. The third-order valence-corrected chi connectivity index (χ3v) is 6.53. The highest BCUT2D eigenvalue weighted by molar-refractivity contribution is 8.00. The number of carbonyl (C=O) groups is 3. The number of hydrogen-bond acceptors (Lipinski definition) is 4. The van der Waals surface area contributed by atoms with Crippen molar-refractivity contribution >= 4 is 35.3 Å². The Kier molecular flexibility index (Phi) is 5.27. The highest BCUT2D eigenvalue weighted by atomic mass is 32.2. The van der Waals surface area contributed by atoms with E-state index in [1.807, 2.05) is 38.1 Å². The monoisotopic (exact) mass is 375 g/mol. The molecule has 0 aromatic heterocycles. The molecule has 1 saturated heterocycles. The van der Waals surface area contributed by atoms with E-state index in [1.54, 1.807) is 16.7 Å². The summed E-state index contributed by atoms with van der Waals surface area (Å²) in [5, 5.41) is 3.18. The van der Waals surface area contributed by atoms with E-state index in [2.05, 4.69) is 12.2 Å². The van der Waals surface area contributed by atoms with Crippen LogP contribution >= 0.6 is 11.8 Å². The number of rotatable bonds is 4. The van der Waals surface area contributed by atoms with Crippen molar-refractivity contribution in [2.75, 3.05) is 18.0 Å². The third kappa shape index (κ3) is 3.20. The lowest BCUT2D eigenvalue weighted by Crippen LogP contribution is -2.47. The molecule has 0 radical (unpaired) electrons. The molecular weight excluding hydrogens is 350 g/mol. The molecule has 1 fully saturated rings. The second kappa shape index (κ2) is 7.31. The van der Waals surface area contributed by atoms with Gasteiger partial charge in [-0.1, -0.05) is 32.9 Å². The van der Waals surface area contributed by atoms with Crippen molar-refractivity contribution in [2.24, 2.45) is 0 Å². The molecule has 0 saturated carbocycles. The highest BCUT2D eigenvalue weighted by Crippen LogP contribution is 2.37. The first-order valence-electron chi connectivity index (χ1n) is 9.12. The summed E-state index contributed by atoms with van der Waals surface area (Å²) in [6, 6.07) is 7.32. The Morgan fingerprint density at radius 2 is 1.96 bits per heavy atom. The van der Waals surface area contributed by atoms with Crippen molar-refractivity contribution in [2.45, 2.75) is 55.7 Å². The topological polar surface area (TPSA) is 69.7 Å². The van der Waals surface area contributed by atoms with Gasteiger partial charge >= 0.3 is 6.03 Å². The van der Waals surface area contributed by atoms with Gasteiger partial charge in [0.1, 0.15) is 12.1 Å². The first-order valence-corrected chi connectivity index (χ1v) is 10.00. The molecule has 0 aliphatic carbocycles. The maximum absolute atomic E-state index is 13.0. The van der Waals surface area contributed by atoms with Crippen LogP contribution in [0.15, 0.2) is 29.2 Å². The number of para-hydroxylation sites is 1. The summed E-state index contributed by atoms with van der Waals surface area (Å²) in [7, 11) is 0. The molecule has 1 atom stereocenters. The van der Waals surface area contributed by atoms with Gasteiger partial charge in [0.2, 0.25) is 5.91 Å². The van der Waals surface area contributed by atoms with Gasteiger partial charge in [-0.25, -0.2) is 4.79 Å². The molecule has 140 valence electrons. The molecule has 6 nitrogen and oxygen atoms in total. The molecule has 7 heteroatoms. The molecule has 2 aliphatic rings. The number of amides is 4. The number of thioether (sulfide) groups is 1. The van der Waals surface area contributed by atoms with Gasteiger partial charge in [0, 0.05) is 16.7 Å². The zero-order chi connectivity index (χ0) is 18.9. The predicted octanol–water partition coefficient (Wildman–Crippen LogP) is 3.01. The molecule has 26 heavy (non-hydrogen) atoms. The SMILES string of the molecule is CCC1(CC)NC(=O)N(CC(=O)N2CCC(C)Sc3ccccc32)C1=O. The highest BCUT2D eigenvalue weighted by Gasteiger charge is 2.49. The quantitative estimate of drug-likeness (QED) is 0.822. The van der Waals surface area contributed by atoms with Gasteiger partial charge in [0.05, 0.1) is 5.69 Å². The smallest absolute Gasteiger partial charge is 0.323 e. The summed E-state index contributed by atoms with van der Waals surface area (Å²) >= 11 is 1.75. The maximum atomic E-state index is 13.0. The summed E-state index contributed by atoms with van der Waals surface area (Å²) in [6.45, 7) is 6.25. The minimum absolute atomic E-state index is 0.222. The maximum Gasteiger partial charge on any atom is 0.325 e. The average Bonchev–Trinajstić information content (AvgIpc) is 2.77. The Morgan fingerprint density at radius 3 is 2.62 bits per heavy atom. The Labute approximate surface area is 158 Å². The summed E-state index contributed by atoms with van der Waals surface area (Å²) < 4.78 is 0. The summed E-state index contributed by atoms with van der Waals surface area (Å²) in [6.07, 6.45) is 1.89. The molecule has 4 amide bonds.